The second-order valence-corrected chi connectivity index (χ2v) is 8.41. The van der Waals surface area contributed by atoms with Crippen molar-refractivity contribution in [1.82, 2.24) is 0 Å². The first-order valence-electron chi connectivity index (χ1n) is 10.2. The Morgan fingerprint density at radius 3 is 2.44 bits per heavy atom. The van der Waals surface area contributed by atoms with Gasteiger partial charge in [0.15, 0.2) is 0 Å². The summed E-state index contributed by atoms with van der Waals surface area (Å²) >= 11 is 3.19. The number of non-ortho nitro benzene ring substituents is 2. The van der Waals surface area contributed by atoms with Crippen molar-refractivity contribution in [2.75, 3.05) is 17.3 Å². The van der Waals surface area contributed by atoms with Crippen LogP contribution in [0.5, 0.6) is 0 Å². The van der Waals surface area contributed by atoms with Crippen molar-refractivity contribution in [3.63, 3.8) is 0 Å². The van der Waals surface area contributed by atoms with Crippen LogP contribution in [0.1, 0.15) is 18.1 Å². The van der Waals surface area contributed by atoms with E-state index in [2.05, 4.69) is 31.5 Å². The van der Waals surface area contributed by atoms with E-state index in [0.717, 1.165) is 11.6 Å². The number of nitrogens with zero attached hydrogens (tertiary/aromatic N) is 6. The van der Waals surface area contributed by atoms with E-state index in [1.54, 1.807) is 37.4 Å². The number of carbonyl (C=O) groups excluding carboxylic acids is 1. The molecule has 0 atom stereocenters. The van der Waals surface area contributed by atoms with Crippen LogP contribution in [0.15, 0.2) is 69.3 Å². The Kier molecular flexibility index (Phi) is 8.03. The summed E-state index contributed by atoms with van der Waals surface area (Å²) in [6.45, 7) is 1.70. The quantitative estimate of drug-likeness (QED) is 0.199. The van der Waals surface area contributed by atoms with Crippen molar-refractivity contribution in [2.45, 2.75) is 13.5 Å². The van der Waals surface area contributed by atoms with Gasteiger partial charge in [-0.25, -0.2) is 0 Å². The van der Waals surface area contributed by atoms with E-state index in [-0.39, 0.29) is 38.7 Å². The molecule has 3 rings (SSSR count). The minimum absolute atomic E-state index is 0.00950. The normalized spacial score (nSPS) is 10.6. The summed E-state index contributed by atoms with van der Waals surface area (Å²) in [5.41, 5.74) is 1.81. The second kappa shape index (κ2) is 11.2. The van der Waals surface area contributed by atoms with Crippen LogP contribution in [-0.4, -0.2) is 22.8 Å². The standard InChI is InChI=1S/C23H18BrN7O5/c1-14(32)26-22-11-17(29(2)13-15-4-3-5-18(8-15)30(33)34)6-7-21(22)27-28-23-16(12-25)9-19(31(35)36)10-20(23)24/h3-11H,13H2,1-2H3,(H,26,32). The maximum Gasteiger partial charge on any atom is 0.272 e. The molecule has 13 heteroatoms. The van der Waals surface area contributed by atoms with Gasteiger partial charge in [-0.15, -0.1) is 10.2 Å². The number of benzene rings is 3. The molecular weight excluding hydrogens is 534 g/mol. The highest BCUT2D eigenvalue weighted by atomic mass is 79.9. The topological polar surface area (TPSA) is 167 Å². The zero-order valence-electron chi connectivity index (χ0n) is 19.0. The van der Waals surface area contributed by atoms with Crippen LogP contribution >= 0.6 is 15.9 Å². The lowest BCUT2D eigenvalue weighted by Crippen LogP contribution is -2.17. The fourth-order valence-electron chi connectivity index (χ4n) is 3.25. The minimum atomic E-state index is -0.621. The Labute approximate surface area is 213 Å². The Hall–Kier alpha value is -4.70. The highest BCUT2D eigenvalue weighted by Crippen LogP contribution is 2.37. The number of hydrogen-bond donors (Lipinski definition) is 1. The first kappa shape index (κ1) is 25.9. The van der Waals surface area contributed by atoms with Crippen molar-refractivity contribution in [3.8, 4) is 6.07 Å². The number of nitro groups is 2. The summed E-state index contributed by atoms with van der Waals surface area (Å²) in [4.78, 5) is 34.7. The molecule has 3 aromatic carbocycles. The van der Waals surface area contributed by atoms with E-state index in [1.165, 1.54) is 25.1 Å². The van der Waals surface area contributed by atoms with Crippen molar-refractivity contribution < 1.29 is 14.6 Å². The molecule has 0 unspecified atom stereocenters. The molecule has 0 bridgehead atoms. The predicted octanol–water partition coefficient (Wildman–Crippen LogP) is 6.15. The van der Waals surface area contributed by atoms with E-state index in [9.17, 15) is 30.3 Å². The van der Waals surface area contributed by atoms with E-state index >= 15 is 0 Å². The van der Waals surface area contributed by atoms with Crippen molar-refractivity contribution in [1.29, 1.82) is 5.26 Å². The van der Waals surface area contributed by atoms with Crippen LogP contribution < -0.4 is 10.2 Å². The Bertz CT molecular complexity index is 1430. The number of carbonyl (C=O) groups is 1. The highest BCUT2D eigenvalue weighted by Gasteiger charge is 2.16. The first-order valence-corrected chi connectivity index (χ1v) is 11.0. The highest BCUT2D eigenvalue weighted by molar-refractivity contribution is 9.10. The molecule has 3 aromatic rings. The van der Waals surface area contributed by atoms with Crippen LogP contribution in [0.25, 0.3) is 0 Å². The summed E-state index contributed by atoms with van der Waals surface area (Å²) in [5, 5.41) is 42.4. The van der Waals surface area contributed by atoms with Crippen molar-refractivity contribution >= 4 is 56.0 Å². The number of anilines is 2. The van der Waals surface area contributed by atoms with E-state index in [4.69, 9.17) is 0 Å². The molecule has 0 aromatic heterocycles. The van der Waals surface area contributed by atoms with Gasteiger partial charge in [0.25, 0.3) is 11.4 Å². The molecule has 0 aliphatic carbocycles. The summed E-state index contributed by atoms with van der Waals surface area (Å²) in [7, 11) is 1.79. The molecule has 0 aliphatic rings. The molecule has 0 heterocycles. The summed E-state index contributed by atoms with van der Waals surface area (Å²) in [6, 6.07) is 15.5. The maximum atomic E-state index is 11.8. The number of nitriles is 1. The van der Waals surface area contributed by atoms with Crippen molar-refractivity contribution in [2.24, 2.45) is 10.2 Å². The SMILES string of the molecule is CC(=O)Nc1cc(N(C)Cc2cccc([N+](=O)[O-])c2)ccc1N=Nc1c(Br)cc([N+](=O)[O-])cc1C#N. The summed E-state index contributed by atoms with van der Waals surface area (Å²) in [5.74, 6) is -0.348. The summed E-state index contributed by atoms with van der Waals surface area (Å²) in [6.07, 6.45) is 0. The van der Waals surface area contributed by atoms with Gasteiger partial charge in [0.1, 0.15) is 17.4 Å². The third-order valence-corrected chi connectivity index (χ3v) is 5.51. The molecule has 12 nitrogen and oxygen atoms in total. The van der Waals surface area contributed by atoms with Gasteiger partial charge in [0.2, 0.25) is 5.91 Å². The van der Waals surface area contributed by atoms with Crippen molar-refractivity contribution in [3.05, 3.63) is 90.4 Å². The van der Waals surface area contributed by atoms with Gasteiger partial charge in [-0.2, -0.15) is 5.26 Å². The van der Waals surface area contributed by atoms with Crippen LogP contribution in [-0.2, 0) is 11.3 Å². The number of halogens is 1. The molecule has 1 amide bonds. The van der Waals surface area contributed by atoms with Gasteiger partial charge in [0, 0.05) is 50.5 Å². The van der Waals surface area contributed by atoms with Gasteiger partial charge in [-0.1, -0.05) is 12.1 Å². The first-order chi connectivity index (χ1) is 17.1. The number of rotatable bonds is 8. The average Bonchev–Trinajstić information content (AvgIpc) is 2.83. The Morgan fingerprint density at radius 2 is 1.81 bits per heavy atom. The monoisotopic (exact) mass is 551 g/mol. The largest absolute Gasteiger partial charge is 0.370 e. The smallest absolute Gasteiger partial charge is 0.272 e. The molecule has 0 aliphatic heterocycles. The number of hydrogen-bond acceptors (Lipinski definition) is 9. The second-order valence-electron chi connectivity index (χ2n) is 7.56. The minimum Gasteiger partial charge on any atom is -0.370 e. The molecule has 182 valence electrons. The Morgan fingerprint density at radius 1 is 1.08 bits per heavy atom. The predicted molar refractivity (Wildman–Crippen MR) is 136 cm³/mol. The Balaban J connectivity index is 1.94. The van der Waals surface area contributed by atoms with Crippen LogP contribution in [0.3, 0.4) is 0 Å². The van der Waals surface area contributed by atoms with E-state index in [0.29, 0.717) is 17.9 Å². The van der Waals surface area contributed by atoms with E-state index in [1.807, 2.05) is 11.0 Å². The van der Waals surface area contributed by atoms with Crippen LogP contribution in [0.4, 0.5) is 34.1 Å². The van der Waals surface area contributed by atoms with Gasteiger partial charge in [0.05, 0.1) is 25.6 Å². The zero-order chi connectivity index (χ0) is 26.4. The van der Waals surface area contributed by atoms with E-state index < -0.39 is 9.85 Å². The molecule has 0 saturated carbocycles. The fourth-order valence-corrected chi connectivity index (χ4v) is 3.78. The zero-order valence-corrected chi connectivity index (χ0v) is 20.6. The molecular formula is C23H18BrN7O5. The molecule has 1 N–H and O–H groups in total. The maximum absolute atomic E-state index is 11.8. The van der Waals surface area contributed by atoms with Gasteiger partial charge in [-0.3, -0.25) is 25.0 Å². The molecule has 0 radical (unpaired) electrons. The molecule has 0 spiro atoms. The number of nitrogens with one attached hydrogen (secondary N) is 1. The molecule has 36 heavy (non-hydrogen) atoms. The average molecular weight is 552 g/mol. The fraction of sp³-hybridized carbons (Fsp3) is 0.130. The van der Waals surface area contributed by atoms with Gasteiger partial charge >= 0.3 is 0 Å². The summed E-state index contributed by atoms with van der Waals surface area (Å²) < 4.78 is 0.214. The third kappa shape index (κ3) is 6.24. The number of nitro benzene ring substituents is 2. The lowest BCUT2D eigenvalue weighted by molar-refractivity contribution is -0.385. The molecule has 0 saturated heterocycles. The van der Waals surface area contributed by atoms with Gasteiger partial charge in [-0.05, 0) is 39.7 Å². The lowest BCUT2D eigenvalue weighted by atomic mass is 10.1. The number of amides is 1. The van der Waals surface area contributed by atoms with Crippen LogP contribution in [0.2, 0.25) is 0 Å². The lowest BCUT2D eigenvalue weighted by Gasteiger charge is -2.21. The van der Waals surface area contributed by atoms with Crippen LogP contribution in [0, 0.1) is 31.6 Å². The number of azo groups is 1. The molecule has 0 fully saturated rings. The van der Waals surface area contributed by atoms with Gasteiger partial charge < -0.3 is 10.2 Å². The third-order valence-electron chi connectivity index (χ3n) is 4.91.